The lowest BCUT2D eigenvalue weighted by atomic mass is 9.90. The third-order valence-corrected chi connectivity index (χ3v) is 4.71. The van der Waals surface area contributed by atoms with Crippen LogP contribution in [0.4, 0.5) is 0 Å². The molecule has 114 valence electrons. The Bertz CT molecular complexity index is 574. The van der Waals surface area contributed by atoms with E-state index in [1.54, 1.807) is 0 Å². The molecule has 1 fully saturated rings. The lowest BCUT2D eigenvalue weighted by Gasteiger charge is -2.28. The third kappa shape index (κ3) is 3.02. The van der Waals surface area contributed by atoms with Crippen molar-refractivity contribution in [3.63, 3.8) is 0 Å². The van der Waals surface area contributed by atoms with E-state index < -0.39 is 0 Å². The van der Waals surface area contributed by atoms with Crippen LogP contribution in [0.2, 0.25) is 0 Å². The summed E-state index contributed by atoms with van der Waals surface area (Å²) < 4.78 is 0. The van der Waals surface area contributed by atoms with Crippen LogP contribution in [0.1, 0.15) is 29.9 Å². The number of carbonyl (C=O) groups is 1. The highest BCUT2D eigenvalue weighted by Gasteiger charge is 2.34. The average molecular weight is 314 g/mol. The Morgan fingerprint density at radius 3 is 2.09 bits per heavy atom. The largest absolute Gasteiger partial charge is 0.338 e. The number of carbonyl (C=O) groups excluding carboxylic acids is 1. The summed E-state index contributed by atoms with van der Waals surface area (Å²) in [4.78, 5) is 15.2. The number of halogens is 1. The van der Waals surface area contributed by atoms with E-state index in [2.05, 4.69) is 0 Å². The minimum Gasteiger partial charge on any atom is -0.338 e. The molecule has 3 heteroatoms. The number of likely N-dealkylation sites (tertiary alicyclic amines) is 1. The van der Waals surface area contributed by atoms with Gasteiger partial charge in [-0.3, -0.25) is 4.79 Å². The van der Waals surface area contributed by atoms with E-state index >= 15 is 0 Å². The van der Waals surface area contributed by atoms with Crippen molar-refractivity contribution in [2.24, 2.45) is 0 Å². The van der Waals surface area contributed by atoms with Gasteiger partial charge in [-0.25, -0.2) is 0 Å². The zero-order valence-corrected chi connectivity index (χ0v) is 13.2. The van der Waals surface area contributed by atoms with Gasteiger partial charge in [0.1, 0.15) is 0 Å². The first-order chi connectivity index (χ1) is 10.8. The Labute approximate surface area is 136 Å². The standard InChI is InChI=1S/C19H20ClNO/c20-14-17-12-7-13-21(17)19(22)18(15-8-3-1-4-9-15)16-10-5-2-6-11-16/h1-6,8-11,17-18H,7,12-14H2/t17-/m0/s1. The summed E-state index contributed by atoms with van der Waals surface area (Å²) in [6, 6.07) is 20.2. The van der Waals surface area contributed by atoms with E-state index in [1.165, 1.54) is 0 Å². The van der Waals surface area contributed by atoms with E-state index in [4.69, 9.17) is 11.6 Å². The summed E-state index contributed by atoms with van der Waals surface area (Å²) in [6.45, 7) is 0.812. The van der Waals surface area contributed by atoms with E-state index in [0.717, 1.165) is 30.5 Å². The lowest BCUT2D eigenvalue weighted by Crippen LogP contribution is -2.40. The van der Waals surface area contributed by atoms with E-state index in [0.29, 0.717) is 5.88 Å². The molecule has 0 aromatic heterocycles. The van der Waals surface area contributed by atoms with E-state index in [-0.39, 0.29) is 17.9 Å². The van der Waals surface area contributed by atoms with Crippen molar-refractivity contribution in [1.29, 1.82) is 0 Å². The average Bonchev–Trinajstić information content (AvgIpc) is 3.06. The SMILES string of the molecule is O=C(C(c1ccccc1)c1ccccc1)N1CCC[C@H]1CCl. The zero-order valence-electron chi connectivity index (χ0n) is 12.5. The fourth-order valence-electron chi connectivity index (χ4n) is 3.22. The van der Waals surface area contributed by atoms with Crippen molar-refractivity contribution in [3.8, 4) is 0 Å². The van der Waals surface area contributed by atoms with Crippen LogP contribution in [0, 0.1) is 0 Å². The van der Waals surface area contributed by atoms with Crippen LogP contribution in [-0.2, 0) is 4.79 Å². The summed E-state index contributed by atoms with van der Waals surface area (Å²) in [5.74, 6) is 0.439. The molecule has 0 unspecified atom stereocenters. The van der Waals surface area contributed by atoms with Gasteiger partial charge in [0.25, 0.3) is 0 Å². The quantitative estimate of drug-likeness (QED) is 0.780. The Balaban J connectivity index is 1.97. The Morgan fingerprint density at radius 1 is 1.05 bits per heavy atom. The predicted molar refractivity (Wildman–Crippen MR) is 90.2 cm³/mol. The van der Waals surface area contributed by atoms with Crippen molar-refractivity contribution >= 4 is 17.5 Å². The molecule has 0 spiro atoms. The van der Waals surface area contributed by atoms with Crippen LogP contribution < -0.4 is 0 Å². The maximum absolute atomic E-state index is 13.2. The van der Waals surface area contributed by atoms with Crippen LogP contribution in [0.15, 0.2) is 60.7 Å². The van der Waals surface area contributed by atoms with E-state index in [1.807, 2.05) is 65.6 Å². The summed E-state index contributed by atoms with van der Waals surface area (Å²) in [6.07, 6.45) is 2.05. The fraction of sp³-hybridized carbons (Fsp3) is 0.316. The number of rotatable bonds is 4. The number of alkyl halides is 1. The molecule has 2 nitrogen and oxygen atoms in total. The molecular weight excluding hydrogens is 294 g/mol. The zero-order chi connectivity index (χ0) is 15.4. The molecule has 0 radical (unpaired) electrons. The first kappa shape index (κ1) is 15.1. The van der Waals surface area contributed by atoms with Gasteiger partial charge in [0, 0.05) is 18.5 Å². The highest BCUT2D eigenvalue weighted by atomic mass is 35.5. The normalized spacial score (nSPS) is 17.9. The predicted octanol–water partition coefficient (Wildman–Crippen LogP) is 4.05. The number of hydrogen-bond acceptors (Lipinski definition) is 1. The van der Waals surface area contributed by atoms with Gasteiger partial charge in [0.15, 0.2) is 0 Å². The van der Waals surface area contributed by atoms with Crippen molar-refractivity contribution in [2.45, 2.75) is 24.8 Å². The van der Waals surface area contributed by atoms with Gasteiger partial charge in [-0.1, -0.05) is 60.7 Å². The molecule has 1 atom stereocenters. The minimum atomic E-state index is -0.244. The molecule has 0 saturated carbocycles. The third-order valence-electron chi connectivity index (χ3n) is 4.35. The van der Waals surface area contributed by atoms with Crippen LogP contribution in [0.25, 0.3) is 0 Å². The molecule has 3 rings (SSSR count). The van der Waals surface area contributed by atoms with Gasteiger partial charge in [-0.05, 0) is 24.0 Å². The van der Waals surface area contributed by atoms with Gasteiger partial charge >= 0.3 is 0 Å². The molecule has 22 heavy (non-hydrogen) atoms. The Morgan fingerprint density at radius 2 is 1.59 bits per heavy atom. The van der Waals surface area contributed by atoms with Crippen LogP contribution in [0.3, 0.4) is 0 Å². The number of hydrogen-bond donors (Lipinski definition) is 0. The van der Waals surface area contributed by atoms with Crippen molar-refractivity contribution in [2.75, 3.05) is 12.4 Å². The molecule has 1 aliphatic rings. The molecule has 0 bridgehead atoms. The Hall–Kier alpha value is -1.80. The summed E-state index contributed by atoms with van der Waals surface area (Å²) in [5, 5.41) is 0. The second-order valence-electron chi connectivity index (χ2n) is 5.74. The summed E-state index contributed by atoms with van der Waals surface area (Å²) >= 11 is 6.05. The molecule has 0 aliphatic carbocycles. The topological polar surface area (TPSA) is 20.3 Å². The van der Waals surface area contributed by atoms with Crippen LogP contribution in [0.5, 0.6) is 0 Å². The fourth-order valence-corrected chi connectivity index (χ4v) is 3.54. The first-order valence-corrected chi connectivity index (χ1v) is 8.31. The number of benzene rings is 2. The van der Waals surface area contributed by atoms with Crippen molar-refractivity contribution in [1.82, 2.24) is 4.90 Å². The van der Waals surface area contributed by atoms with Gasteiger partial charge in [0.05, 0.1) is 5.92 Å². The van der Waals surface area contributed by atoms with Crippen LogP contribution >= 0.6 is 11.6 Å². The van der Waals surface area contributed by atoms with Gasteiger partial charge in [-0.15, -0.1) is 11.6 Å². The maximum atomic E-state index is 13.2. The molecular formula is C19H20ClNO. The highest BCUT2D eigenvalue weighted by molar-refractivity contribution is 6.18. The van der Waals surface area contributed by atoms with Gasteiger partial charge < -0.3 is 4.90 Å². The molecule has 2 aromatic rings. The highest BCUT2D eigenvalue weighted by Crippen LogP contribution is 2.30. The molecule has 1 heterocycles. The Kier molecular flexibility index (Phi) is 4.79. The second-order valence-corrected chi connectivity index (χ2v) is 6.04. The van der Waals surface area contributed by atoms with Crippen molar-refractivity contribution in [3.05, 3.63) is 71.8 Å². The van der Waals surface area contributed by atoms with Crippen LogP contribution in [-0.4, -0.2) is 29.3 Å². The molecule has 1 amide bonds. The first-order valence-electron chi connectivity index (χ1n) is 7.77. The second kappa shape index (κ2) is 6.97. The molecule has 0 N–H and O–H groups in total. The summed E-state index contributed by atoms with van der Waals surface area (Å²) in [5.41, 5.74) is 2.08. The smallest absolute Gasteiger partial charge is 0.234 e. The molecule has 1 aliphatic heterocycles. The maximum Gasteiger partial charge on any atom is 0.234 e. The monoisotopic (exact) mass is 313 g/mol. The lowest BCUT2D eigenvalue weighted by molar-refractivity contribution is -0.132. The number of nitrogens with zero attached hydrogens (tertiary/aromatic N) is 1. The summed E-state index contributed by atoms with van der Waals surface area (Å²) in [7, 11) is 0. The van der Waals surface area contributed by atoms with Gasteiger partial charge in [-0.2, -0.15) is 0 Å². The van der Waals surface area contributed by atoms with Gasteiger partial charge in [0.2, 0.25) is 5.91 Å². The number of amides is 1. The molecule has 2 aromatic carbocycles. The van der Waals surface area contributed by atoms with E-state index in [9.17, 15) is 4.79 Å². The van der Waals surface area contributed by atoms with Crippen molar-refractivity contribution < 1.29 is 4.79 Å². The molecule has 1 saturated heterocycles. The minimum absolute atomic E-state index is 0.167.